The molecule has 0 spiro atoms. The van der Waals surface area contributed by atoms with E-state index in [2.05, 4.69) is 10.3 Å². The minimum absolute atomic E-state index is 0.233. The van der Waals surface area contributed by atoms with Gasteiger partial charge in [-0.15, -0.1) is 5.10 Å². The number of carbonyl (C=O) groups is 1. The highest BCUT2D eigenvalue weighted by Gasteiger charge is 2.12. The first kappa shape index (κ1) is 13.3. The van der Waals surface area contributed by atoms with E-state index in [9.17, 15) is 4.79 Å². The van der Waals surface area contributed by atoms with Crippen molar-refractivity contribution < 1.29 is 9.53 Å². The number of esters is 1. The highest BCUT2D eigenvalue weighted by molar-refractivity contribution is 5.86. The lowest BCUT2D eigenvalue weighted by molar-refractivity contribution is 0.0492. The maximum Gasteiger partial charge on any atom is 0.360 e. The fourth-order valence-corrected chi connectivity index (χ4v) is 1.56. The second-order valence-electron chi connectivity index (χ2n) is 4.37. The molecule has 0 saturated carbocycles. The molecule has 0 bridgehead atoms. The van der Waals surface area contributed by atoms with Gasteiger partial charge in [0.1, 0.15) is 0 Å². The Balaban J connectivity index is 2.06. The Bertz CT molecular complexity index is 546. The summed E-state index contributed by atoms with van der Waals surface area (Å²) in [5.41, 5.74) is 2.27. The Labute approximate surface area is 112 Å². The van der Waals surface area contributed by atoms with Crippen molar-refractivity contribution in [3.8, 4) is 5.69 Å². The molecule has 2 rings (SSSR count). The zero-order valence-electron chi connectivity index (χ0n) is 11.2. The third-order valence-electron chi connectivity index (χ3n) is 2.73. The summed E-state index contributed by atoms with van der Waals surface area (Å²) in [6, 6.07) is 7.82. The van der Waals surface area contributed by atoms with Gasteiger partial charge in [-0.1, -0.05) is 36.3 Å². The van der Waals surface area contributed by atoms with Gasteiger partial charge in [0.15, 0.2) is 5.69 Å². The number of aryl methyl sites for hydroxylation is 1. The molecule has 1 aromatic heterocycles. The van der Waals surface area contributed by atoms with Crippen LogP contribution in [0.4, 0.5) is 0 Å². The van der Waals surface area contributed by atoms with Crippen molar-refractivity contribution in [1.82, 2.24) is 15.0 Å². The molecule has 0 saturated heterocycles. The maximum absolute atomic E-state index is 11.7. The van der Waals surface area contributed by atoms with Crippen molar-refractivity contribution >= 4 is 5.97 Å². The van der Waals surface area contributed by atoms with Gasteiger partial charge in [0.25, 0.3) is 0 Å². The number of nitrogens with zero attached hydrogens (tertiary/aromatic N) is 3. The van der Waals surface area contributed by atoms with Crippen LogP contribution in [0.3, 0.4) is 0 Å². The number of benzene rings is 1. The molecule has 1 heterocycles. The van der Waals surface area contributed by atoms with E-state index in [1.807, 2.05) is 38.1 Å². The molecule has 1 aromatic carbocycles. The van der Waals surface area contributed by atoms with E-state index in [1.165, 1.54) is 5.56 Å². The Kier molecular flexibility index (Phi) is 4.28. The highest BCUT2D eigenvalue weighted by atomic mass is 16.5. The number of aromatic nitrogens is 3. The van der Waals surface area contributed by atoms with Crippen LogP contribution in [-0.4, -0.2) is 27.6 Å². The minimum Gasteiger partial charge on any atom is -0.461 e. The summed E-state index contributed by atoms with van der Waals surface area (Å²) in [6.45, 7) is 4.48. The van der Waals surface area contributed by atoms with Crippen LogP contribution in [0.1, 0.15) is 35.8 Å². The van der Waals surface area contributed by atoms with Crippen LogP contribution in [0, 0.1) is 6.92 Å². The second-order valence-corrected chi connectivity index (χ2v) is 4.37. The molecular weight excluding hydrogens is 242 g/mol. The van der Waals surface area contributed by atoms with Crippen LogP contribution >= 0.6 is 0 Å². The quantitative estimate of drug-likeness (QED) is 0.611. The van der Waals surface area contributed by atoms with Gasteiger partial charge in [0, 0.05) is 0 Å². The molecule has 0 radical (unpaired) electrons. The summed E-state index contributed by atoms with van der Waals surface area (Å²) in [6.07, 6.45) is 3.43. The van der Waals surface area contributed by atoms with Crippen LogP contribution in [0.25, 0.3) is 5.69 Å². The highest BCUT2D eigenvalue weighted by Crippen LogP contribution is 2.09. The minimum atomic E-state index is -0.424. The van der Waals surface area contributed by atoms with Crippen molar-refractivity contribution in [3.05, 3.63) is 41.7 Å². The fraction of sp³-hybridized carbons (Fsp3) is 0.357. The Hall–Kier alpha value is -2.17. The van der Waals surface area contributed by atoms with Crippen LogP contribution in [0.5, 0.6) is 0 Å². The van der Waals surface area contributed by atoms with Gasteiger partial charge in [-0.3, -0.25) is 0 Å². The van der Waals surface area contributed by atoms with Crippen molar-refractivity contribution in [2.24, 2.45) is 0 Å². The molecule has 19 heavy (non-hydrogen) atoms. The standard InChI is InChI=1S/C14H17N3O2/c1-3-4-9-19-14(18)13-10-17(16-15-13)12-7-5-11(2)6-8-12/h5-8,10H,3-4,9H2,1-2H3. The number of unbranched alkanes of at least 4 members (excludes halogenated alkanes) is 1. The molecule has 2 aromatic rings. The molecule has 100 valence electrons. The molecule has 0 aliphatic carbocycles. The number of ether oxygens (including phenoxy) is 1. The van der Waals surface area contributed by atoms with E-state index in [-0.39, 0.29) is 5.69 Å². The predicted octanol–water partition coefficient (Wildman–Crippen LogP) is 2.53. The lowest BCUT2D eigenvalue weighted by Gasteiger charge is -2.00. The molecule has 0 amide bonds. The Morgan fingerprint density at radius 2 is 2.05 bits per heavy atom. The first-order valence-electron chi connectivity index (χ1n) is 6.37. The second kappa shape index (κ2) is 6.13. The maximum atomic E-state index is 11.7. The predicted molar refractivity (Wildman–Crippen MR) is 71.3 cm³/mol. The Morgan fingerprint density at radius 3 is 2.74 bits per heavy atom. The molecule has 5 nitrogen and oxygen atoms in total. The summed E-state index contributed by atoms with van der Waals surface area (Å²) in [5, 5.41) is 7.76. The lowest BCUT2D eigenvalue weighted by atomic mass is 10.2. The largest absolute Gasteiger partial charge is 0.461 e. The third kappa shape index (κ3) is 3.40. The summed E-state index contributed by atoms with van der Waals surface area (Å²) in [4.78, 5) is 11.7. The summed E-state index contributed by atoms with van der Waals surface area (Å²) < 4.78 is 6.65. The molecule has 0 aliphatic rings. The molecule has 0 aliphatic heterocycles. The number of carbonyl (C=O) groups excluding carboxylic acids is 1. The fourth-order valence-electron chi connectivity index (χ4n) is 1.56. The van der Waals surface area contributed by atoms with E-state index < -0.39 is 5.97 Å². The molecular formula is C14H17N3O2. The van der Waals surface area contributed by atoms with Gasteiger partial charge in [-0.25, -0.2) is 9.48 Å². The molecule has 5 heteroatoms. The summed E-state index contributed by atoms with van der Waals surface area (Å²) in [7, 11) is 0. The topological polar surface area (TPSA) is 57.0 Å². The van der Waals surface area contributed by atoms with Gasteiger partial charge in [0.05, 0.1) is 18.5 Å². The lowest BCUT2D eigenvalue weighted by Crippen LogP contribution is -2.06. The van der Waals surface area contributed by atoms with Gasteiger partial charge < -0.3 is 4.74 Å². The van der Waals surface area contributed by atoms with E-state index in [4.69, 9.17) is 4.74 Å². The monoisotopic (exact) mass is 259 g/mol. The van der Waals surface area contributed by atoms with Gasteiger partial charge in [0.2, 0.25) is 0 Å². The van der Waals surface area contributed by atoms with E-state index in [0.717, 1.165) is 18.5 Å². The zero-order valence-corrected chi connectivity index (χ0v) is 11.2. The number of rotatable bonds is 5. The first-order chi connectivity index (χ1) is 9.20. The van der Waals surface area contributed by atoms with Crippen LogP contribution < -0.4 is 0 Å². The van der Waals surface area contributed by atoms with Gasteiger partial charge >= 0.3 is 5.97 Å². The molecule has 0 fully saturated rings. The smallest absolute Gasteiger partial charge is 0.360 e. The van der Waals surface area contributed by atoms with E-state index >= 15 is 0 Å². The third-order valence-corrected chi connectivity index (χ3v) is 2.73. The van der Waals surface area contributed by atoms with Crippen LogP contribution in [0.15, 0.2) is 30.5 Å². The average Bonchev–Trinajstić information content (AvgIpc) is 2.89. The molecule has 0 unspecified atom stereocenters. The van der Waals surface area contributed by atoms with Gasteiger partial charge in [-0.2, -0.15) is 0 Å². The first-order valence-corrected chi connectivity index (χ1v) is 6.37. The summed E-state index contributed by atoms with van der Waals surface area (Å²) in [5.74, 6) is -0.424. The SMILES string of the molecule is CCCCOC(=O)c1cn(-c2ccc(C)cc2)nn1. The normalized spacial score (nSPS) is 10.4. The van der Waals surface area contributed by atoms with Crippen LogP contribution in [-0.2, 0) is 4.74 Å². The van der Waals surface area contributed by atoms with Crippen molar-refractivity contribution in [2.75, 3.05) is 6.61 Å². The van der Waals surface area contributed by atoms with E-state index in [0.29, 0.717) is 6.61 Å². The molecule has 0 N–H and O–H groups in total. The molecule has 0 atom stereocenters. The van der Waals surface area contributed by atoms with Crippen molar-refractivity contribution in [3.63, 3.8) is 0 Å². The zero-order chi connectivity index (χ0) is 13.7. The van der Waals surface area contributed by atoms with Gasteiger partial charge in [-0.05, 0) is 25.5 Å². The average molecular weight is 259 g/mol. The Morgan fingerprint density at radius 1 is 1.32 bits per heavy atom. The van der Waals surface area contributed by atoms with Crippen molar-refractivity contribution in [2.45, 2.75) is 26.7 Å². The number of hydrogen-bond donors (Lipinski definition) is 0. The van der Waals surface area contributed by atoms with Crippen molar-refractivity contribution in [1.29, 1.82) is 0 Å². The van der Waals surface area contributed by atoms with Crippen LogP contribution in [0.2, 0.25) is 0 Å². The number of hydrogen-bond acceptors (Lipinski definition) is 4. The van der Waals surface area contributed by atoms with E-state index in [1.54, 1.807) is 10.9 Å². The summed E-state index contributed by atoms with van der Waals surface area (Å²) >= 11 is 0.